The summed E-state index contributed by atoms with van der Waals surface area (Å²) in [6.07, 6.45) is 1.46. The maximum Gasteiger partial charge on any atom is 0.355 e. The summed E-state index contributed by atoms with van der Waals surface area (Å²) in [5.41, 5.74) is 0.103. The van der Waals surface area contributed by atoms with Gasteiger partial charge in [-0.25, -0.2) is 9.78 Å². The number of carbonyl (C=O) groups is 1. The van der Waals surface area contributed by atoms with Gasteiger partial charge in [-0.15, -0.1) is 11.3 Å². The van der Waals surface area contributed by atoms with Gasteiger partial charge in [-0.05, 0) is 18.6 Å². The zero-order valence-electron chi connectivity index (χ0n) is 11.1. The zero-order chi connectivity index (χ0) is 14.7. The highest BCUT2D eigenvalue weighted by Gasteiger charge is 2.13. The number of carboxylic acids is 1. The molecule has 6 nitrogen and oxygen atoms in total. The first kappa shape index (κ1) is 13.7. The van der Waals surface area contributed by atoms with E-state index in [0.717, 1.165) is 22.9 Å². The summed E-state index contributed by atoms with van der Waals surface area (Å²) in [4.78, 5) is 14.7. The lowest BCUT2D eigenvalue weighted by Crippen LogP contribution is -2.00. The number of hydrogen-bond acceptors (Lipinski definition) is 6. The first-order valence-electron chi connectivity index (χ1n) is 6.42. The molecule has 110 valence electrons. The number of aromatic nitrogens is 1. The van der Waals surface area contributed by atoms with Crippen molar-refractivity contribution >= 4 is 17.3 Å². The number of nitrogens with zero attached hydrogens (tertiary/aromatic N) is 1. The molecule has 0 fully saturated rings. The molecule has 2 aromatic rings. The molecule has 0 bridgehead atoms. The number of hydrogen-bond donors (Lipinski definition) is 1. The van der Waals surface area contributed by atoms with Gasteiger partial charge in [0.15, 0.2) is 17.2 Å². The number of ether oxygens (including phenoxy) is 3. The van der Waals surface area contributed by atoms with Gasteiger partial charge < -0.3 is 19.3 Å². The quantitative estimate of drug-likeness (QED) is 0.826. The van der Waals surface area contributed by atoms with Crippen LogP contribution in [0.3, 0.4) is 0 Å². The van der Waals surface area contributed by atoms with Gasteiger partial charge in [0.2, 0.25) is 6.79 Å². The summed E-state index contributed by atoms with van der Waals surface area (Å²) in [7, 11) is 0. The van der Waals surface area contributed by atoms with E-state index in [0.29, 0.717) is 18.8 Å². The number of thiazole rings is 1. The molecule has 21 heavy (non-hydrogen) atoms. The van der Waals surface area contributed by atoms with Crippen LogP contribution in [0.5, 0.6) is 17.2 Å². The van der Waals surface area contributed by atoms with Crippen molar-refractivity contribution in [3.8, 4) is 17.2 Å². The fourth-order valence-corrected chi connectivity index (χ4v) is 2.72. The molecular weight excluding hydrogens is 294 g/mol. The molecule has 1 aromatic heterocycles. The van der Waals surface area contributed by atoms with Crippen LogP contribution in [0.15, 0.2) is 23.6 Å². The number of aryl methyl sites for hydroxylation is 1. The van der Waals surface area contributed by atoms with Crippen molar-refractivity contribution in [2.45, 2.75) is 12.8 Å². The highest BCUT2D eigenvalue weighted by molar-refractivity contribution is 7.09. The van der Waals surface area contributed by atoms with E-state index in [2.05, 4.69) is 4.98 Å². The predicted molar refractivity (Wildman–Crippen MR) is 75.5 cm³/mol. The summed E-state index contributed by atoms with van der Waals surface area (Å²) in [6.45, 7) is 0.774. The molecule has 0 saturated carbocycles. The topological polar surface area (TPSA) is 77.9 Å². The zero-order valence-corrected chi connectivity index (χ0v) is 11.9. The Balaban J connectivity index is 1.46. The molecule has 0 aliphatic carbocycles. The van der Waals surface area contributed by atoms with Crippen molar-refractivity contribution < 1.29 is 24.1 Å². The van der Waals surface area contributed by atoms with Crippen LogP contribution in [0, 0.1) is 0 Å². The normalized spacial score (nSPS) is 12.4. The predicted octanol–water partition coefficient (Wildman–Crippen LogP) is 2.58. The van der Waals surface area contributed by atoms with Gasteiger partial charge in [0.25, 0.3) is 0 Å². The highest BCUT2D eigenvalue weighted by atomic mass is 32.1. The second kappa shape index (κ2) is 6.01. The Morgan fingerprint density at radius 1 is 1.38 bits per heavy atom. The molecule has 0 unspecified atom stereocenters. The van der Waals surface area contributed by atoms with Crippen LogP contribution < -0.4 is 14.2 Å². The van der Waals surface area contributed by atoms with Crippen LogP contribution in [-0.2, 0) is 6.42 Å². The second-order valence-electron chi connectivity index (χ2n) is 4.40. The number of carboxylic acid groups (broad SMARTS) is 1. The Hall–Kier alpha value is -2.28. The minimum atomic E-state index is -0.992. The molecule has 7 heteroatoms. The summed E-state index contributed by atoms with van der Waals surface area (Å²) < 4.78 is 16.1. The maximum absolute atomic E-state index is 10.7. The lowest BCUT2D eigenvalue weighted by atomic mass is 10.3. The van der Waals surface area contributed by atoms with Gasteiger partial charge in [-0.1, -0.05) is 0 Å². The second-order valence-corrected chi connectivity index (χ2v) is 5.34. The average molecular weight is 307 g/mol. The molecule has 0 spiro atoms. The Labute approximate surface area is 124 Å². The first-order valence-corrected chi connectivity index (χ1v) is 7.30. The molecule has 1 aromatic carbocycles. The summed E-state index contributed by atoms with van der Waals surface area (Å²) in [5, 5.41) is 11.2. The van der Waals surface area contributed by atoms with E-state index >= 15 is 0 Å². The SMILES string of the molecule is O=C(O)c1csc(CCCOc2ccc3c(c2)OCO3)n1. The van der Waals surface area contributed by atoms with Gasteiger partial charge in [-0.2, -0.15) is 0 Å². The third-order valence-corrected chi connectivity index (χ3v) is 3.83. The van der Waals surface area contributed by atoms with Crippen LogP contribution >= 0.6 is 11.3 Å². The summed E-state index contributed by atoms with van der Waals surface area (Å²) in [6, 6.07) is 5.45. The molecule has 1 N–H and O–H groups in total. The lowest BCUT2D eigenvalue weighted by Gasteiger charge is -2.06. The Kier molecular flexibility index (Phi) is 3.92. The van der Waals surface area contributed by atoms with Crippen molar-refractivity contribution in [2.75, 3.05) is 13.4 Å². The number of benzene rings is 1. The summed E-state index contributed by atoms with van der Waals surface area (Å²) in [5.74, 6) is 1.16. The van der Waals surface area contributed by atoms with E-state index < -0.39 is 5.97 Å². The molecule has 2 heterocycles. The standard InChI is InChI=1S/C14H13NO5S/c16-14(17)10-7-21-13(15-10)2-1-5-18-9-3-4-11-12(6-9)20-8-19-11/h3-4,6-7H,1-2,5,8H2,(H,16,17). The van der Waals surface area contributed by atoms with Crippen LogP contribution in [0.4, 0.5) is 0 Å². The smallest absolute Gasteiger partial charge is 0.355 e. The van der Waals surface area contributed by atoms with Crippen molar-refractivity contribution in [3.05, 3.63) is 34.3 Å². The van der Waals surface area contributed by atoms with Crippen molar-refractivity contribution in [1.82, 2.24) is 4.98 Å². The molecular formula is C14H13NO5S. The largest absolute Gasteiger partial charge is 0.493 e. The van der Waals surface area contributed by atoms with E-state index in [1.165, 1.54) is 11.3 Å². The molecule has 0 amide bonds. The minimum absolute atomic E-state index is 0.103. The molecule has 0 radical (unpaired) electrons. The average Bonchev–Trinajstić information content (AvgIpc) is 3.12. The third kappa shape index (κ3) is 3.25. The van der Waals surface area contributed by atoms with Crippen molar-refractivity contribution in [2.24, 2.45) is 0 Å². The minimum Gasteiger partial charge on any atom is -0.493 e. The molecule has 3 rings (SSSR count). The molecule has 1 aliphatic heterocycles. The Morgan fingerprint density at radius 3 is 3.05 bits per heavy atom. The fourth-order valence-electron chi connectivity index (χ4n) is 1.90. The van der Waals surface area contributed by atoms with Gasteiger partial charge in [-0.3, -0.25) is 0 Å². The first-order chi connectivity index (χ1) is 10.2. The fraction of sp³-hybridized carbons (Fsp3) is 0.286. The van der Waals surface area contributed by atoms with E-state index in [-0.39, 0.29) is 12.5 Å². The maximum atomic E-state index is 10.7. The summed E-state index contributed by atoms with van der Waals surface area (Å²) >= 11 is 1.36. The van der Waals surface area contributed by atoms with Crippen LogP contribution in [0.1, 0.15) is 21.9 Å². The van der Waals surface area contributed by atoms with E-state index in [9.17, 15) is 4.79 Å². The van der Waals surface area contributed by atoms with E-state index in [1.54, 1.807) is 11.4 Å². The number of aromatic carboxylic acids is 1. The lowest BCUT2D eigenvalue weighted by molar-refractivity contribution is 0.0691. The van der Waals surface area contributed by atoms with Crippen LogP contribution in [0.25, 0.3) is 0 Å². The van der Waals surface area contributed by atoms with Gasteiger partial charge >= 0.3 is 5.97 Å². The highest BCUT2D eigenvalue weighted by Crippen LogP contribution is 2.35. The molecule has 0 saturated heterocycles. The van der Waals surface area contributed by atoms with Crippen molar-refractivity contribution in [1.29, 1.82) is 0 Å². The van der Waals surface area contributed by atoms with Gasteiger partial charge in [0, 0.05) is 17.9 Å². The van der Waals surface area contributed by atoms with E-state index in [1.807, 2.05) is 12.1 Å². The monoisotopic (exact) mass is 307 g/mol. The van der Waals surface area contributed by atoms with Gasteiger partial charge in [0.05, 0.1) is 11.6 Å². The van der Waals surface area contributed by atoms with Crippen molar-refractivity contribution in [3.63, 3.8) is 0 Å². The molecule has 1 aliphatic rings. The Bertz CT molecular complexity index is 655. The Morgan fingerprint density at radius 2 is 2.24 bits per heavy atom. The van der Waals surface area contributed by atoms with Gasteiger partial charge in [0.1, 0.15) is 5.75 Å². The van der Waals surface area contributed by atoms with Crippen LogP contribution in [-0.4, -0.2) is 29.5 Å². The third-order valence-electron chi connectivity index (χ3n) is 2.92. The number of fused-ring (bicyclic) bond motifs is 1. The molecule has 0 atom stereocenters. The van der Waals surface area contributed by atoms with E-state index in [4.69, 9.17) is 19.3 Å². The number of rotatable bonds is 6. The van der Waals surface area contributed by atoms with Crippen LogP contribution in [0.2, 0.25) is 0 Å².